The Kier molecular flexibility index (Phi) is 7.78. The van der Waals surface area contributed by atoms with Crippen molar-refractivity contribution in [2.75, 3.05) is 0 Å². The van der Waals surface area contributed by atoms with Gasteiger partial charge in [0.1, 0.15) is 30.6 Å². The number of aliphatic hydroxyl groups excluding tert-OH is 1. The highest BCUT2D eigenvalue weighted by Gasteiger charge is 2.60. The molecule has 44 heavy (non-hydrogen) atoms. The summed E-state index contributed by atoms with van der Waals surface area (Å²) >= 11 is 6.25. The molecule has 4 unspecified atom stereocenters. The number of hydrogen-bond donors (Lipinski definition) is 2. The number of halogens is 2. The van der Waals surface area contributed by atoms with Crippen LogP contribution in [0.25, 0.3) is 0 Å². The first kappa shape index (κ1) is 30.3. The molecule has 4 aromatic rings. The highest BCUT2D eigenvalue weighted by Crippen LogP contribution is 2.54. The Balaban J connectivity index is 1.58. The molecule has 2 aromatic heterocycles. The molecule has 0 bridgehead atoms. The lowest BCUT2D eigenvalue weighted by Gasteiger charge is -2.52. The predicted molar refractivity (Wildman–Crippen MR) is 158 cm³/mol. The fourth-order valence-electron chi connectivity index (χ4n) is 6.59. The smallest absolute Gasteiger partial charge is 0.261 e. The molecule has 3 heterocycles. The Labute approximate surface area is 259 Å². The third-order valence-electron chi connectivity index (χ3n) is 8.79. The lowest BCUT2D eigenvalue weighted by molar-refractivity contribution is -0.978. The van der Waals surface area contributed by atoms with E-state index in [-0.39, 0.29) is 48.4 Å². The molecule has 0 amide bonds. The number of aromatic nitrogens is 4. The van der Waals surface area contributed by atoms with Gasteiger partial charge < -0.3 is 29.4 Å². The van der Waals surface area contributed by atoms with Crippen molar-refractivity contribution in [1.82, 2.24) is 19.5 Å². The first-order chi connectivity index (χ1) is 21.0. The summed E-state index contributed by atoms with van der Waals surface area (Å²) in [5.74, 6) is -0.565. The van der Waals surface area contributed by atoms with Gasteiger partial charge in [0.25, 0.3) is 5.72 Å². The topological polar surface area (TPSA) is 140 Å². The van der Waals surface area contributed by atoms with E-state index in [1.54, 1.807) is 61.4 Å². The molecule has 10 nitrogen and oxygen atoms in total. The van der Waals surface area contributed by atoms with Gasteiger partial charge in [0.2, 0.25) is 0 Å². The molecular weight excluding hydrogens is 587 g/mol. The molecule has 1 aliphatic heterocycles. The van der Waals surface area contributed by atoms with Crippen molar-refractivity contribution >= 4 is 11.6 Å². The van der Waals surface area contributed by atoms with Gasteiger partial charge in [0, 0.05) is 41.8 Å². The molecule has 0 spiro atoms. The Hall–Kier alpha value is -3.76. The number of quaternary nitrogens is 1. The van der Waals surface area contributed by atoms with Gasteiger partial charge in [-0.25, -0.2) is 19.3 Å². The van der Waals surface area contributed by atoms with Crippen LogP contribution in [0, 0.1) is 22.4 Å². The predicted octanol–water partition coefficient (Wildman–Crippen LogP) is 4.68. The molecule has 12 heteroatoms. The number of benzene rings is 2. The minimum absolute atomic E-state index is 0.0491. The van der Waals surface area contributed by atoms with Gasteiger partial charge >= 0.3 is 0 Å². The third kappa shape index (κ3) is 4.98. The Morgan fingerprint density at radius 3 is 2.55 bits per heavy atom. The fraction of sp³-hybridized carbons (Fsp3) is 0.375. The third-order valence-corrected chi connectivity index (χ3v) is 9.04. The van der Waals surface area contributed by atoms with Gasteiger partial charge in [0.15, 0.2) is 5.82 Å². The van der Waals surface area contributed by atoms with Gasteiger partial charge in [0.05, 0.1) is 35.4 Å². The van der Waals surface area contributed by atoms with Crippen molar-refractivity contribution in [3.8, 4) is 6.07 Å². The van der Waals surface area contributed by atoms with E-state index in [4.69, 9.17) is 16.3 Å². The van der Waals surface area contributed by atoms with Crippen LogP contribution >= 0.6 is 11.6 Å². The van der Waals surface area contributed by atoms with Crippen LogP contribution in [0.3, 0.4) is 0 Å². The van der Waals surface area contributed by atoms with Gasteiger partial charge in [-0.1, -0.05) is 18.5 Å². The average molecular weight is 619 g/mol. The summed E-state index contributed by atoms with van der Waals surface area (Å²) in [5, 5.41) is 47.3. The zero-order valence-corrected chi connectivity index (χ0v) is 25.1. The zero-order chi connectivity index (χ0) is 31.3. The molecule has 0 saturated heterocycles. The van der Waals surface area contributed by atoms with Crippen molar-refractivity contribution in [3.05, 3.63) is 117 Å². The highest BCUT2D eigenvalue weighted by molar-refractivity contribution is 6.30. The van der Waals surface area contributed by atoms with Crippen LogP contribution in [0.15, 0.2) is 61.3 Å². The van der Waals surface area contributed by atoms with E-state index in [2.05, 4.69) is 15.0 Å². The van der Waals surface area contributed by atoms with Crippen molar-refractivity contribution in [3.63, 3.8) is 0 Å². The normalized spacial score (nSPS) is 25.9. The van der Waals surface area contributed by atoms with Crippen LogP contribution in [0.4, 0.5) is 4.39 Å². The highest BCUT2D eigenvalue weighted by atomic mass is 35.5. The summed E-state index contributed by atoms with van der Waals surface area (Å²) in [5.41, 5.74) is -1.90. The van der Waals surface area contributed by atoms with Crippen LogP contribution < -0.4 is 0 Å². The maximum absolute atomic E-state index is 16.8. The molecule has 5 atom stereocenters. The summed E-state index contributed by atoms with van der Waals surface area (Å²) in [7, 11) is 1.78. The van der Waals surface area contributed by atoms with Crippen LogP contribution in [-0.4, -0.2) is 46.6 Å². The number of fused-ring (bicyclic) bond motifs is 1. The number of hydrogen-bond acceptors (Lipinski definition) is 8. The van der Waals surface area contributed by atoms with Gasteiger partial charge in [-0.05, 0) is 67.6 Å². The molecular formula is C32H32ClFN6O4. The molecule has 1 aliphatic carbocycles. The maximum Gasteiger partial charge on any atom is 0.261 e. The molecule has 2 aliphatic rings. The van der Waals surface area contributed by atoms with Crippen LogP contribution in [0.1, 0.15) is 71.9 Å². The quantitative estimate of drug-likeness (QED) is 0.214. The van der Waals surface area contributed by atoms with Crippen LogP contribution in [0.5, 0.6) is 0 Å². The van der Waals surface area contributed by atoms with Crippen molar-refractivity contribution in [2.45, 2.75) is 69.2 Å². The summed E-state index contributed by atoms with van der Waals surface area (Å²) in [6, 6.07) is 11.4. The summed E-state index contributed by atoms with van der Waals surface area (Å²) in [6.45, 7) is 1.23. The second-order valence-electron chi connectivity index (χ2n) is 11.7. The fourth-order valence-corrected chi connectivity index (χ4v) is 6.72. The lowest BCUT2D eigenvalue weighted by Crippen LogP contribution is -2.57. The van der Waals surface area contributed by atoms with Crippen molar-refractivity contribution in [1.29, 1.82) is 5.26 Å². The van der Waals surface area contributed by atoms with E-state index < -0.39 is 34.0 Å². The summed E-state index contributed by atoms with van der Waals surface area (Å²) in [6.07, 6.45) is 6.22. The summed E-state index contributed by atoms with van der Waals surface area (Å²) < 4.78 is 24.1. The van der Waals surface area contributed by atoms with Crippen LogP contribution in [-0.2, 0) is 36.2 Å². The van der Waals surface area contributed by atoms with E-state index in [1.165, 1.54) is 18.5 Å². The second-order valence-corrected chi connectivity index (χ2v) is 12.1. The number of aliphatic hydroxyl groups is 2. The number of imidazole rings is 1. The molecule has 6 rings (SSSR count). The lowest BCUT2D eigenvalue weighted by atomic mass is 9.84. The van der Waals surface area contributed by atoms with E-state index in [0.717, 1.165) is 0 Å². The van der Waals surface area contributed by atoms with Gasteiger partial charge in [-0.2, -0.15) is 5.26 Å². The number of aryl methyl sites for hydroxylation is 1. The van der Waals surface area contributed by atoms with Crippen LogP contribution in [0.2, 0.25) is 5.02 Å². The first-order valence-electron chi connectivity index (χ1n) is 14.5. The minimum Gasteiger partial charge on any atom is -0.630 e. The number of rotatable bonds is 8. The SMILES string of the molecule is CCC(O)(c1cc(F)c2c(c1)C[N+]([O-])(Cc1ncc(C#N)cn1)[C@@]2(OC1CCC(O)C1)c1ccc(Cl)cc1)c1cn(C)cn1. The van der Waals surface area contributed by atoms with Gasteiger partial charge in [-0.15, -0.1) is 0 Å². The standard InChI is InChI=1S/C32H32ClFN6O4/c1-3-31(42,28-16-39(2)19-38-28)23-10-21-17-40(43,18-29-36-14-20(13-35)15-37-29)32(30(21)27(34)11-23,22-4-6-24(33)7-5-22)44-26-9-8-25(41)12-26/h4-7,10-11,14-16,19,25-26,41-42H,3,8-9,12,17-18H2,1-2H3/t25?,26?,31?,32-,40?/m1/s1. The molecule has 1 fully saturated rings. The largest absolute Gasteiger partial charge is 0.630 e. The number of ether oxygens (including phenoxy) is 1. The Bertz CT molecular complexity index is 1730. The minimum atomic E-state index is -1.93. The molecule has 228 valence electrons. The van der Waals surface area contributed by atoms with E-state index in [9.17, 15) is 15.5 Å². The van der Waals surface area contributed by atoms with E-state index in [0.29, 0.717) is 34.7 Å². The van der Waals surface area contributed by atoms with Gasteiger partial charge in [-0.3, -0.25) is 0 Å². The first-order valence-corrected chi connectivity index (χ1v) is 14.8. The molecule has 0 radical (unpaired) electrons. The monoisotopic (exact) mass is 618 g/mol. The van der Waals surface area contributed by atoms with Crippen molar-refractivity contribution in [2.24, 2.45) is 7.05 Å². The molecule has 2 aromatic carbocycles. The number of nitrogens with zero attached hydrogens (tertiary/aromatic N) is 6. The second kappa shape index (κ2) is 11.3. The zero-order valence-electron chi connectivity index (χ0n) is 24.3. The molecule has 1 saturated carbocycles. The maximum atomic E-state index is 16.8. The Morgan fingerprint density at radius 1 is 1.23 bits per heavy atom. The number of hydroxylamine groups is 3. The summed E-state index contributed by atoms with van der Waals surface area (Å²) in [4.78, 5) is 12.9. The van der Waals surface area contributed by atoms with Crippen molar-refractivity contribution < 1.29 is 24.0 Å². The number of nitriles is 1. The van der Waals surface area contributed by atoms with E-state index >= 15 is 9.60 Å². The van der Waals surface area contributed by atoms with E-state index in [1.807, 2.05) is 6.07 Å². The molecule has 2 N–H and O–H groups in total. The average Bonchev–Trinajstić information content (AvgIpc) is 3.69. The Morgan fingerprint density at radius 2 is 1.95 bits per heavy atom.